The third-order valence-electron chi connectivity index (χ3n) is 4.86. The Balaban J connectivity index is 1.40. The van der Waals surface area contributed by atoms with Crippen molar-refractivity contribution in [3.63, 3.8) is 0 Å². The topological polar surface area (TPSA) is 95.5 Å². The van der Waals surface area contributed by atoms with Crippen LogP contribution in [0.2, 0.25) is 0 Å². The molecule has 1 aliphatic heterocycles. The van der Waals surface area contributed by atoms with Gasteiger partial charge in [0.15, 0.2) is 0 Å². The van der Waals surface area contributed by atoms with E-state index in [1.165, 1.54) is 16.4 Å². The number of anilines is 2. The van der Waals surface area contributed by atoms with Gasteiger partial charge in [0.1, 0.15) is 0 Å². The molecule has 3 aromatic rings. The lowest BCUT2D eigenvalue weighted by Crippen LogP contribution is -2.49. The van der Waals surface area contributed by atoms with Gasteiger partial charge < -0.3 is 10.2 Å². The maximum atomic E-state index is 13.0. The van der Waals surface area contributed by atoms with Gasteiger partial charge in [-0.1, -0.05) is 18.2 Å². The maximum Gasteiger partial charge on any atom is 0.255 e. The van der Waals surface area contributed by atoms with E-state index in [1.54, 1.807) is 54.9 Å². The van der Waals surface area contributed by atoms with Gasteiger partial charge in [0.25, 0.3) is 5.91 Å². The molecule has 30 heavy (non-hydrogen) atoms. The first-order valence-corrected chi connectivity index (χ1v) is 11.0. The van der Waals surface area contributed by atoms with Crippen LogP contribution >= 0.6 is 0 Å². The number of piperazine rings is 1. The first kappa shape index (κ1) is 20.0. The Hall–Kier alpha value is -3.30. The average Bonchev–Trinajstić information content (AvgIpc) is 2.81. The summed E-state index contributed by atoms with van der Waals surface area (Å²) in [4.78, 5) is 22.8. The Labute approximate surface area is 175 Å². The third-order valence-corrected chi connectivity index (χ3v) is 6.77. The molecular formula is C21H21N5O3S. The molecule has 1 amide bonds. The molecule has 1 aromatic heterocycles. The molecule has 0 spiro atoms. The molecule has 1 N–H and O–H groups in total. The molecule has 0 bridgehead atoms. The zero-order valence-corrected chi connectivity index (χ0v) is 17.0. The number of amides is 1. The Bertz CT molecular complexity index is 1100. The summed E-state index contributed by atoms with van der Waals surface area (Å²) >= 11 is 0. The van der Waals surface area contributed by atoms with E-state index in [4.69, 9.17) is 0 Å². The van der Waals surface area contributed by atoms with Crippen LogP contribution < -0.4 is 10.2 Å². The van der Waals surface area contributed by atoms with Crippen molar-refractivity contribution in [3.8, 4) is 0 Å². The first-order chi connectivity index (χ1) is 14.5. The predicted molar refractivity (Wildman–Crippen MR) is 114 cm³/mol. The number of carbonyl (C=O) groups is 1. The largest absolute Gasteiger partial charge is 0.338 e. The van der Waals surface area contributed by atoms with E-state index in [1.807, 2.05) is 11.0 Å². The van der Waals surface area contributed by atoms with Crippen LogP contribution in [0.3, 0.4) is 0 Å². The van der Waals surface area contributed by atoms with Crippen LogP contribution in [-0.4, -0.2) is 54.8 Å². The molecule has 2 heterocycles. The zero-order chi connectivity index (χ0) is 21.0. The van der Waals surface area contributed by atoms with Crippen LogP contribution in [0.1, 0.15) is 10.4 Å². The lowest BCUT2D eigenvalue weighted by molar-refractivity contribution is 0.102. The van der Waals surface area contributed by atoms with E-state index in [9.17, 15) is 13.2 Å². The minimum absolute atomic E-state index is 0.199. The van der Waals surface area contributed by atoms with Crippen molar-refractivity contribution in [2.45, 2.75) is 4.90 Å². The number of sulfonamides is 1. The Kier molecular flexibility index (Phi) is 5.73. The standard InChI is InChI=1S/C21H21N5O3S/c27-20(17-5-2-1-3-6-17)24-18-7-9-19(10-8-18)30(28,29)26-15-13-25(14-16-26)21-22-11-4-12-23-21/h1-12H,13-16H2,(H,24,27). The molecule has 1 fully saturated rings. The highest BCUT2D eigenvalue weighted by atomic mass is 32.2. The number of benzene rings is 2. The SMILES string of the molecule is O=C(Nc1ccc(S(=O)(=O)N2CCN(c3ncccn3)CC2)cc1)c1ccccc1. The number of carbonyl (C=O) groups excluding carboxylic acids is 1. The van der Waals surface area contributed by atoms with Crippen molar-refractivity contribution in [3.05, 3.63) is 78.6 Å². The minimum Gasteiger partial charge on any atom is -0.338 e. The normalized spacial score (nSPS) is 15.0. The van der Waals surface area contributed by atoms with Crippen LogP contribution in [0, 0.1) is 0 Å². The number of nitrogens with zero attached hydrogens (tertiary/aromatic N) is 4. The second kappa shape index (κ2) is 8.60. The van der Waals surface area contributed by atoms with Gasteiger partial charge in [-0.2, -0.15) is 4.31 Å². The van der Waals surface area contributed by atoms with Crippen molar-refractivity contribution in [1.29, 1.82) is 0 Å². The maximum absolute atomic E-state index is 13.0. The van der Waals surface area contributed by atoms with Gasteiger partial charge in [-0.3, -0.25) is 4.79 Å². The second-order valence-corrected chi connectivity index (χ2v) is 8.72. The van der Waals surface area contributed by atoms with Crippen molar-refractivity contribution >= 4 is 27.6 Å². The molecule has 2 aromatic carbocycles. The van der Waals surface area contributed by atoms with E-state index >= 15 is 0 Å². The highest BCUT2D eigenvalue weighted by Gasteiger charge is 2.29. The van der Waals surface area contributed by atoms with Crippen molar-refractivity contribution in [2.24, 2.45) is 0 Å². The van der Waals surface area contributed by atoms with Gasteiger partial charge in [-0.05, 0) is 42.5 Å². The number of hydrogen-bond donors (Lipinski definition) is 1. The lowest BCUT2D eigenvalue weighted by Gasteiger charge is -2.33. The van der Waals surface area contributed by atoms with Gasteiger partial charge in [0, 0.05) is 49.8 Å². The summed E-state index contributed by atoms with van der Waals surface area (Å²) in [6.07, 6.45) is 3.34. The van der Waals surface area contributed by atoms with Crippen LogP contribution in [0.15, 0.2) is 78.0 Å². The highest BCUT2D eigenvalue weighted by Crippen LogP contribution is 2.21. The summed E-state index contributed by atoms with van der Waals surface area (Å²) < 4.78 is 27.4. The molecule has 154 valence electrons. The van der Waals surface area contributed by atoms with Crippen molar-refractivity contribution in [2.75, 3.05) is 36.4 Å². The Morgan fingerprint density at radius 2 is 1.47 bits per heavy atom. The van der Waals surface area contributed by atoms with Gasteiger partial charge in [-0.25, -0.2) is 18.4 Å². The molecule has 8 nitrogen and oxygen atoms in total. The molecule has 0 aliphatic carbocycles. The highest BCUT2D eigenvalue weighted by molar-refractivity contribution is 7.89. The fourth-order valence-corrected chi connectivity index (χ4v) is 4.66. The number of nitrogens with one attached hydrogen (secondary N) is 1. The number of rotatable bonds is 5. The molecule has 0 atom stereocenters. The molecule has 9 heteroatoms. The number of aromatic nitrogens is 2. The van der Waals surface area contributed by atoms with Crippen molar-refractivity contribution < 1.29 is 13.2 Å². The third kappa shape index (κ3) is 4.32. The summed E-state index contributed by atoms with van der Waals surface area (Å²) in [5, 5.41) is 2.77. The molecule has 0 saturated carbocycles. The fraction of sp³-hybridized carbons (Fsp3) is 0.190. The van der Waals surface area contributed by atoms with Gasteiger partial charge >= 0.3 is 0 Å². The summed E-state index contributed by atoms with van der Waals surface area (Å²) in [6, 6.07) is 16.8. The summed E-state index contributed by atoms with van der Waals surface area (Å²) in [5.41, 5.74) is 1.07. The van der Waals surface area contributed by atoms with Gasteiger partial charge in [-0.15, -0.1) is 0 Å². The fourth-order valence-electron chi connectivity index (χ4n) is 3.24. The zero-order valence-electron chi connectivity index (χ0n) is 16.2. The van der Waals surface area contributed by atoms with Gasteiger partial charge in [0.05, 0.1) is 4.90 Å². The average molecular weight is 423 g/mol. The predicted octanol–water partition coefficient (Wildman–Crippen LogP) is 2.24. The Morgan fingerprint density at radius 3 is 2.10 bits per heavy atom. The monoisotopic (exact) mass is 423 g/mol. The van der Waals surface area contributed by atoms with Crippen molar-refractivity contribution in [1.82, 2.24) is 14.3 Å². The van der Waals surface area contributed by atoms with Crippen LogP contribution in [-0.2, 0) is 10.0 Å². The van der Waals surface area contributed by atoms with Crippen LogP contribution in [0.4, 0.5) is 11.6 Å². The molecular weight excluding hydrogens is 402 g/mol. The quantitative estimate of drug-likeness (QED) is 0.676. The molecule has 0 radical (unpaired) electrons. The molecule has 0 unspecified atom stereocenters. The van der Waals surface area contributed by atoms with E-state index in [0.717, 1.165) is 0 Å². The molecule has 4 rings (SSSR count). The van der Waals surface area contributed by atoms with Crippen LogP contribution in [0.25, 0.3) is 0 Å². The summed E-state index contributed by atoms with van der Waals surface area (Å²) in [6.45, 7) is 1.75. The van der Waals surface area contributed by atoms with Crippen LogP contribution in [0.5, 0.6) is 0 Å². The second-order valence-electron chi connectivity index (χ2n) is 6.78. The molecule has 1 saturated heterocycles. The van der Waals surface area contributed by atoms with E-state index < -0.39 is 10.0 Å². The van der Waals surface area contributed by atoms with E-state index in [-0.39, 0.29) is 10.8 Å². The van der Waals surface area contributed by atoms with E-state index in [0.29, 0.717) is 43.4 Å². The first-order valence-electron chi connectivity index (χ1n) is 9.53. The minimum atomic E-state index is -3.61. The lowest BCUT2D eigenvalue weighted by atomic mass is 10.2. The summed E-state index contributed by atoms with van der Waals surface area (Å²) in [7, 11) is -3.61. The number of hydrogen-bond acceptors (Lipinski definition) is 6. The summed E-state index contributed by atoms with van der Waals surface area (Å²) in [5.74, 6) is 0.360. The molecule has 1 aliphatic rings. The van der Waals surface area contributed by atoms with E-state index in [2.05, 4.69) is 15.3 Å². The Morgan fingerprint density at radius 1 is 0.833 bits per heavy atom. The smallest absolute Gasteiger partial charge is 0.255 e. The van der Waals surface area contributed by atoms with Gasteiger partial charge in [0.2, 0.25) is 16.0 Å².